The minimum absolute atomic E-state index is 0.0864. The van der Waals surface area contributed by atoms with Crippen LogP contribution in [0.1, 0.15) is 26.7 Å². The number of carbonyl (C=O) groups excluding carboxylic acids is 1. The van der Waals surface area contributed by atoms with Crippen molar-refractivity contribution in [2.24, 2.45) is 0 Å². The number of ether oxygens (including phenoxy) is 1. The number of nitrogens with one attached hydrogen (secondary N) is 2. The highest BCUT2D eigenvalue weighted by Gasteiger charge is 2.58. The summed E-state index contributed by atoms with van der Waals surface area (Å²) in [7, 11) is 0. The van der Waals surface area contributed by atoms with Crippen LogP contribution in [-0.4, -0.2) is 48.6 Å². The van der Waals surface area contributed by atoms with E-state index in [9.17, 15) is 22.8 Å². The van der Waals surface area contributed by atoms with Gasteiger partial charge < -0.3 is 20.5 Å². The zero-order valence-electron chi connectivity index (χ0n) is 11.3. The van der Waals surface area contributed by atoms with Crippen molar-refractivity contribution < 1.29 is 32.6 Å². The normalized spacial score (nSPS) is 14.4. The van der Waals surface area contributed by atoms with E-state index in [0.29, 0.717) is 26.6 Å². The fourth-order valence-electron chi connectivity index (χ4n) is 1.14. The average molecular weight is 300 g/mol. The Hall–Kier alpha value is -1.51. The molecule has 118 valence electrons. The van der Waals surface area contributed by atoms with E-state index in [0.717, 1.165) is 6.42 Å². The minimum Gasteiger partial charge on any atom is -0.479 e. The second kappa shape index (κ2) is 7.93. The number of amides is 2. The zero-order chi connectivity index (χ0) is 15.8. The molecule has 0 aliphatic heterocycles. The van der Waals surface area contributed by atoms with E-state index in [1.165, 1.54) is 5.32 Å². The minimum atomic E-state index is -5.10. The quantitative estimate of drug-likeness (QED) is 0.593. The molecule has 0 rings (SSSR count). The number of carbonyl (C=O) groups is 2. The van der Waals surface area contributed by atoms with E-state index in [-0.39, 0.29) is 6.54 Å². The molecular weight excluding hydrogens is 281 g/mol. The van der Waals surface area contributed by atoms with E-state index in [1.807, 2.05) is 6.92 Å². The lowest BCUT2D eigenvalue weighted by Crippen LogP contribution is -2.63. The fourth-order valence-corrected chi connectivity index (χ4v) is 1.14. The molecule has 0 aromatic carbocycles. The highest BCUT2D eigenvalue weighted by Crippen LogP contribution is 2.30. The summed E-state index contributed by atoms with van der Waals surface area (Å²) >= 11 is 0. The number of alkyl halides is 3. The van der Waals surface area contributed by atoms with Crippen molar-refractivity contribution in [3.05, 3.63) is 0 Å². The van der Waals surface area contributed by atoms with Gasteiger partial charge in [-0.1, -0.05) is 6.92 Å². The van der Waals surface area contributed by atoms with Gasteiger partial charge in [0, 0.05) is 19.8 Å². The van der Waals surface area contributed by atoms with Crippen LogP contribution >= 0.6 is 0 Å². The Morgan fingerprint density at radius 3 is 2.30 bits per heavy atom. The molecule has 0 aromatic heterocycles. The number of hydrogen-bond donors (Lipinski definition) is 3. The number of aliphatic carboxylic acids is 1. The van der Waals surface area contributed by atoms with Crippen LogP contribution in [0.3, 0.4) is 0 Å². The van der Waals surface area contributed by atoms with Crippen LogP contribution in [0.4, 0.5) is 18.0 Å². The first-order chi connectivity index (χ1) is 9.15. The van der Waals surface area contributed by atoms with Crippen molar-refractivity contribution >= 4 is 12.0 Å². The lowest BCUT2D eigenvalue weighted by atomic mass is 10.0. The molecule has 1 atom stereocenters. The van der Waals surface area contributed by atoms with E-state index in [1.54, 1.807) is 0 Å². The van der Waals surface area contributed by atoms with Crippen molar-refractivity contribution in [3.8, 4) is 0 Å². The van der Waals surface area contributed by atoms with E-state index in [4.69, 9.17) is 9.84 Å². The molecule has 0 radical (unpaired) electrons. The topological polar surface area (TPSA) is 87.7 Å². The number of hydrogen-bond acceptors (Lipinski definition) is 3. The highest BCUT2D eigenvalue weighted by atomic mass is 19.4. The van der Waals surface area contributed by atoms with Crippen molar-refractivity contribution in [1.82, 2.24) is 10.6 Å². The van der Waals surface area contributed by atoms with Gasteiger partial charge in [-0.15, -0.1) is 0 Å². The van der Waals surface area contributed by atoms with Crippen molar-refractivity contribution in [2.45, 2.75) is 38.4 Å². The first kappa shape index (κ1) is 18.5. The fraction of sp³-hybridized carbons (Fsp3) is 0.818. The van der Waals surface area contributed by atoms with Crippen molar-refractivity contribution in [1.29, 1.82) is 0 Å². The maximum absolute atomic E-state index is 12.6. The summed E-state index contributed by atoms with van der Waals surface area (Å²) in [5.74, 6) is -2.17. The van der Waals surface area contributed by atoms with Crippen molar-refractivity contribution in [3.63, 3.8) is 0 Å². The van der Waals surface area contributed by atoms with Crippen LogP contribution in [0, 0.1) is 0 Å². The summed E-state index contributed by atoms with van der Waals surface area (Å²) in [5, 5.41) is 12.2. The molecule has 0 aliphatic rings. The third-order valence-corrected chi connectivity index (χ3v) is 2.46. The summed E-state index contributed by atoms with van der Waals surface area (Å²) < 4.78 is 42.9. The van der Waals surface area contributed by atoms with Crippen LogP contribution in [0.15, 0.2) is 0 Å². The third-order valence-electron chi connectivity index (χ3n) is 2.46. The predicted molar refractivity (Wildman–Crippen MR) is 64.4 cm³/mol. The molecule has 0 aromatic rings. The van der Waals surface area contributed by atoms with E-state index in [2.05, 4.69) is 5.32 Å². The number of carboxylic acids is 1. The molecule has 0 aliphatic carbocycles. The average Bonchev–Trinajstić information content (AvgIpc) is 2.31. The van der Waals surface area contributed by atoms with Crippen LogP contribution < -0.4 is 10.6 Å². The molecule has 6 nitrogen and oxygen atoms in total. The summed E-state index contributed by atoms with van der Waals surface area (Å²) in [4.78, 5) is 21.9. The van der Waals surface area contributed by atoms with Gasteiger partial charge in [-0.2, -0.15) is 13.2 Å². The first-order valence-electron chi connectivity index (χ1n) is 6.09. The Balaban J connectivity index is 4.20. The zero-order valence-corrected chi connectivity index (χ0v) is 11.3. The second-order valence-electron chi connectivity index (χ2n) is 4.27. The largest absolute Gasteiger partial charge is 0.479 e. The SMILES string of the molecule is CCCOCCCNC(=O)NC(C)(C(=O)O)C(F)(F)F. The summed E-state index contributed by atoms with van der Waals surface area (Å²) in [5.41, 5.74) is -3.32. The molecule has 0 saturated carbocycles. The van der Waals surface area contributed by atoms with E-state index < -0.39 is 23.7 Å². The molecule has 2 amide bonds. The Bertz CT molecular complexity index is 336. The van der Waals surface area contributed by atoms with Gasteiger partial charge in [-0.05, 0) is 19.8 Å². The van der Waals surface area contributed by atoms with Gasteiger partial charge in [0.15, 0.2) is 0 Å². The smallest absolute Gasteiger partial charge is 0.422 e. The van der Waals surface area contributed by atoms with E-state index >= 15 is 0 Å². The Kier molecular flexibility index (Phi) is 7.33. The maximum Gasteiger partial charge on any atom is 0.422 e. The van der Waals surface area contributed by atoms with Gasteiger partial charge in [0.2, 0.25) is 5.54 Å². The molecule has 0 bridgehead atoms. The van der Waals surface area contributed by atoms with Gasteiger partial charge in [0.25, 0.3) is 0 Å². The molecule has 0 spiro atoms. The summed E-state index contributed by atoms with van der Waals surface area (Å²) in [6.45, 7) is 3.33. The van der Waals surface area contributed by atoms with Gasteiger partial charge in [-0.25, -0.2) is 9.59 Å². The number of carboxylic acid groups (broad SMARTS) is 1. The molecule has 0 fully saturated rings. The van der Waals surface area contributed by atoms with Crippen LogP contribution in [0.2, 0.25) is 0 Å². The molecule has 20 heavy (non-hydrogen) atoms. The first-order valence-corrected chi connectivity index (χ1v) is 6.09. The molecule has 3 N–H and O–H groups in total. The summed E-state index contributed by atoms with van der Waals surface area (Å²) in [6.07, 6.45) is -3.83. The number of urea groups is 1. The lowest BCUT2D eigenvalue weighted by Gasteiger charge is -2.28. The Labute approximate surface area is 114 Å². The predicted octanol–water partition coefficient (Wildman–Crippen LogP) is 1.51. The molecular formula is C11H19F3N2O4. The second-order valence-corrected chi connectivity index (χ2v) is 4.27. The maximum atomic E-state index is 12.6. The number of halogens is 3. The Morgan fingerprint density at radius 1 is 1.25 bits per heavy atom. The molecule has 1 unspecified atom stereocenters. The Morgan fingerprint density at radius 2 is 1.85 bits per heavy atom. The standard InChI is InChI=1S/C11H19F3N2O4/c1-3-6-20-7-4-5-15-9(19)16-10(2,8(17)18)11(12,13)14/h3-7H2,1-2H3,(H,17,18)(H2,15,16,19). The molecule has 0 saturated heterocycles. The highest BCUT2D eigenvalue weighted by molar-refractivity contribution is 5.86. The van der Waals surface area contributed by atoms with Gasteiger partial charge >= 0.3 is 18.2 Å². The van der Waals surface area contributed by atoms with Gasteiger partial charge in [-0.3, -0.25) is 0 Å². The van der Waals surface area contributed by atoms with Crippen LogP contribution in [-0.2, 0) is 9.53 Å². The monoisotopic (exact) mass is 300 g/mol. The molecule has 0 heterocycles. The van der Waals surface area contributed by atoms with Crippen LogP contribution in [0.5, 0.6) is 0 Å². The summed E-state index contributed by atoms with van der Waals surface area (Å²) in [6, 6.07) is -1.19. The third kappa shape index (κ3) is 5.64. The molecule has 9 heteroatoms. The van der Waals surface area contributed by atoms with Gasteiger partial charge in [0.05, 0.1) is 0 Å². The lowest BCUT2D eigenvalue weighted by molar-refractivity contribution is -0.203. The van der Waals surface area contributed by atoms with Crippen molar-refractivity contribution in [2.75, 3.05) is 19.8 Å². The van der Waals surface area contributed by atoms with Crippen LogP contribution in [0.25, 0.3) is 0 Å². The van der Waals surface area contributed by atoms with Gasteiger partial charge in [0.1, 0.15) is 0 Å². The number of rotatable bonds is 8.